The summed E-state index contributed by atoms with van der Waals surface area (Å²) in [5.41, 5.74) is 0.749. The summed E-state index contributed by atoms with van der Waals surface area (Å²) in [5.74, 6) is 0.680. The molecule has 0 atom stereocenters. The Labute approximate surface area is 139 Å². The highest BCUT2D eigenvalue weighted by Gasteiger charge is 2.14. The van der Waals surface area contributed by atoms with Gasteiger partial charge < -0.3 is 19.9 Å². The zero-order chi connectivity index (χ0) is 17.1. The Balaban J connectivity index is 2.00. The molecule has 5 nitrogen and oxygen atoms in total. The van der Waals surface area contributed by atoms with Gasteiger partial charge in [-0.1, -0.05) is 30.3 Å². The average molecular weight is 323 g/mol. The first-order valence-corrected chi connectivity index (χ1v) is 7.37. The van der Waals surface area contributed by atoms with Crippen LogP contribution in [-0.2, 0) is 0 Å². The Morgan fingerprint density at radius 2 is 1.62 bits per heavy atom. The van der Waals surface area contributed by atoms with Gasteiger partial charge in [-0.05, 0) is 23.6 Å². The number of phenolic OH excluding ortho intramolecular Hbond substituents is 1. The van der Waals surface area contributed by atoms with Gasteiger partial charge in [0.2, 0.25) is 0 Å². The minimum atomic E-state index is -0.362. The second-order valence-corrected chi connectivity index (χ2v) is 5.24. The summed E-state index contributed by atoms with van der Waals surface area (Å²) in [4.78, 5) is 12.6. The van der Waals surface area contributed by atoms with E-state index < -0.39 is 0 Å². The number of hydrogen-bond acceptors (Lipinski definition) is 4. The molecule has 0 heterocycles. The molecule has 0 radical (unpaired) electrons. The maximum Gasteiger partial charge on any atom is 0.256 e. The highest BCUT2D eigenvalue weighted by molar-refractivity contribution is 6.11. The van der Waals surface area contributed by atoms with Crippen molar-refractivity contribution in [3.8, 4) is 17.2 Å². The Bertz CT molecular complexity index is 883. The quantitative estimate of drug-likeness (QED) is 0.716. The van der Waals surface area contributed by atoms with Gasteiger partial charge in [0.15, 0.2) is 0 Å². The third-order valence-electron chi connectivity index (χ3n) is 3.76. The minimum Gasteiger partial charge on any atom is -0.506 e. The standard InChI is InChI=1S/C19H17NO4/c1-23-14-9-13(10-15(11-14)24-2)19(22)20-18-16-6-4-3-5-12(16)7-8-17(18)21/h3-11,21H,1-2H3,(H,20,22). The molecule has 3 aromatic carbocycles. The van der Waals surface area contributed by atoms with Gasteiger partial charge in [0, 0.05) is 17.0 Å². The monoisotopic (exact) mass is 323 g/mol. The lowest BCUT2D eigenvalue weighted by Crippen LogP contribution is -2.12. The second-order valence-electron chi connectivity index (χ2n) is 5.24. The first-order chi connectivity index (χ1) is 11.6. The van der Waals surface area contributed by atoms with E-state index >= 15 is 0 Å². The number of methoxy groups -OCH3 is 2. The summed E-state index contributed by atoms with van der Waals surface area (Å²) < 4.78 is 10.4. The van der Waals surface area contributed by atoms with Gasteiger partial charge in [-0.25, -0.2) is 0 Å². The molecule has 24 heavy (non-hydrogen) atoms. The van der Waals surface area contributed by atoms with Gasteiger partial charge in [0.05, 0.1) is 19.9 Å². The van der Waals surface area contributed by atoms with Crippen LogP contribution in [0.3, 0.4) is 0 Å². The molecule has 0 saturated heterocycles. The molecule has 0 bridgehead atoms. The van der Waals surface area contributed by atoms with Gasteiger partial charge in [-0.15, -0.1) is 0 Å². The van der Waals surface area contributed by atoms with Crippen molar-refractivity contribution in [2.45, 2.75) is 0 Å². The number of aromatic hydroxyl groups is 1. The Hall–Kier alpha value is -3.21. The van der Waals surface area contributed by atoms with Gasteiger partial charge in [-0.2, -0.15) is 0 Å². The van der Waals surface area contributed by atoms with Crippen LogP contribution in [0, 0.1) is 0 Å². The fourth-order valence-corrected chi connectivity index (χ4v) is 2.52. The van der Waals surface area contributed by atoms with Crippen LogP contribution in [0.5, 0.6) is 17.2 Å². The number of amides is 1. The second kappa shape index (κ2) is 6.50. The number of ether oxygens (including phenoxy) is 2. The smallest absolute Gasteiger partial charge is 0.256 e. The van der Waals surface area contributed by atoms with Gasteiger partial charge in [0.1, 0.15) is 17.2 Å². The maximum absolute atomic E-state index is 12.6. The molecule has 2 N–H and O–H groups in total. The van der Waals surface area contributed by atoms with Gasteiger partial charge in [0.25, 0.3) is 5.91 Å². The molecule has 3 rings (SSSR count). The van der Waals surface area contributed by atoms with Crippen molar-refractivity contribution in [2.24, 2.45) is 0 Å². The molecule has 0 spiro atoms. The number of carbonyl (C=O) groups excluding carboxylic acids is 1. The predicted molar refractivity (Wildman–Crippen MR) is 93.1 cm³/mol. The number of carbonyl (C=O) groups is 1. The third-order valence-corrected chi connectivity index (χ3v) is 3.76. The zero-order valence-electron chi connectivity index (χ0n) is 13.4. The Kier molecular flexibility index (Phi) is 4.24. The number of benzene rings is 3. The Morgan fingerprint density at radius 1 is 0.958 bits per heavy atom. The highest BCUT2D eigenvalue weighted by Crippen LogP contribution is 2.33. The molecular formula is C19H17NO4. The SMILES string of the molecule is COc1cc(OC)cc(C(=O)Nc2c(O)ccc3ccccc23)c1. The molecule has 0 unspecified atom stereocenters. The lowest BCUT2D eigenvalue weighted by molar-refractivity contribution is 0.102. The minimum absolute atomic E-state index is 0.0110. The maximum atomic E-state index is 12.6. The van der Waals surface area contributed by atoms with Crippen LogP contribution in [0.1, 0.15) is 10.4 Å². The molecule has 3 aromatic rings. The summed E-state index contributed by atoms with van der Waals surface area (Å²) in [6, 6.07) is 15.8. The van der Waals surface area contributed by atoms with Crippen molar-refractivity contribution in [3.63, 3.8) is 0 Å². The molecule has 0 aliphatic heterocycles. The van der Waals surface area contributed by atoms with E-state index in [-0.39, 0.29) is 11.7 Å². The molecular weight excluding hydrogens is 306 g/mol. The van der Waals surface area contributed by atoms with Crippen molar-refractivity contribution >= 4 is 22.4 Å². The first-order valence-electron chi connectivity index (χ1n) is 7.37. The summed E-state index contributed by atoms with van der Waals surface area (Å²) in [5, 5.41) is 14.6. The highest BCUT2D eigenvalue weighted by atomic mass is 16.5. The van der Waals surface area contributed by atoms with Crippen molar-refractivity contribution in [3.05, 3.63) is 60.2 Å². The van der Waals surface area contributed by atoms with E-state index in [2.05, 4.69) is 5.32 Å². The fraction of sp³-hybridized carbons (Fsp3) is 0.105. The van der Waals surface area contributed by atoms with Crippen molar-refractivity contribution in [2.75, 3.05) is 19.5 Å². The van der Waals surface area contributed by atoms with Crippen LogP contribution in [0.2, 0.25) is 0 Å². The van der Waals surface area contributed by atoms with E-state index in [4.69, 9.17) is 9.47 Å². The van der Waals surface area contributed by atoms with Crippen LogP contribution in [-0.4, -0.2) is 25.2 Å². The van der Waals surface area contributed by atoms with E-state index in [1.54, 1.807) is 30.3 Å². The number of fused-ring (bicyclic) bond motifs is 1. The predicted octanol–water partition coefficient (Wildman–Crippen LogP) is 3.81. The number of hydrogen-bond donors (Lipinski definition) is 2. The van der Waals surface area contributed by atoms with E-state index in [1.165, 1.54) is 14.2 Å². The lowest BCUT2D eigenvalue weighted by atomic mass is 10.1. The number of rotatable bonds is 4. The molecule has 0 saturated carbocycles. The third kappa shape index (κ3) is 2.96. The summed E-state index contributed by atoms with van der Waals surface area (Å²) in [6.07, 6.45) is 0. The average Bonchev–Trinajstić information content (AvgIpc) is 2.63. The molecule has 5 heteroatoms. The molecule has 0 aliphatic rings. The van der Waals surface area contributed by atoms with Crippen LogP contribution in [0.4, 0.5) is 5.69 Å². The molecule has 1 amide bonds. The van der Waals surface area contributed by atoms with Crippen LogP contribution in [0.25, 0.3) is 10.8 Å². The van der Waals surface area contributed by atoms with Crippen molar-refractivity contribution < 1.29 is 19.4 Å². The number of anilines is 1. The zero-order valence-corrected chi connectivity index (χ0v) is 13.4. The topological polar surface area (TPSA) is 67.8 Å². The lowest BCUT2D eigenvalue weighted by Gasteiger charge is -2.12. The van der Waals surface area contributed by atoms with E-state index in [0.717, 1.165) is 10.8 Å². The van der Waals surface area contributed by atoms with Crippen molar-refractivity contribution in [1.82, 2.24) is 0 Å². The van der Waals surface area contributed by atoms with Gasteiger partial charge in [-0.3, -0.25) is 4.79 Å². The normalized spacial score (nSPS) is 10.4. The van der Waals surface area contributed by atoms with E-state index in [1.807, 2.05) is 24.3 Å². The first kappa shape index (κ1) is 15.7. The van der Waals surface area contributed by atoms with Crippen LogP contribution in [0.15, 0.2) is 54.6 Å². The number of phenols is 1. The van der Waals surface area contributed by atoms with Gasteiger partial charge >= 0.3 is 0 Å². The van der Waals surface area contributed by atoms with E-state index in [0.29, 0.717) is 22.7 Å². The van der Waals surface area contributed by atoms with Crippen molar-refractivity contribution in [1.29, 1.82) is 0 Å². The fourth-order valence-electron chi connectivity index (χ4n) is 2.52. The molecule has 122 valence electrons. The largest absolute Gasteiger partial charge is 0.506 e. The van der Waals surface area contributed by atoms with Crippen LogP contribution >= 0.6 is 0 Å². The molecule has 0 fully saturated rings. The number of nitrogens with one attached hydrogen (secondary N) is 1. The molecule has 0 aliphatic carbocycles. The summed E-state index contributed by atoms with van der Waals surface area (Å²) in [6.45, 7) is 0. The van der Waals surface area contributed by atoms with E-state index in [9.17, 15) is 9.90 Å². The molecule has 0 aromatic heterocycles. The Morgan fingerprint density at radius 3 is 2.29 bits per heavy atom. The van der Waals surface area contributed by atoms with Crippen LogP contribution < -0.4 is 14.8 Å². The summed E-state index contributed by atoms with van der Waals surface area (Å²) in [7, 11) is 3.04. The summed E-state index contributed by atoms with van der Waals surface area (Å²) >= 11 is 0.